The number of aryl methyl sites for hydroxylation is 2. The second-order valence-electron chi connectivity index (χ2n) is 4.69. The molecule has 0 atom stereocenters. The van der Waals surface area contributed by atoms with E-state index in [1.807, 2.05) is 44.2 Å². The molecule has 0 aliphatic rings. The summed E-state index contributed by atoms with van der Waals surface area (Å²) in [6.07, 6.45) is 0. The third-order valence-electron chi connectivity index (χ3n) is 2.93. The van der Waals surface area contributed by atoms with Gasteiger partial charge in [-0.15, -0.1) is 0 Å². The van der Waals surface area contributed by atoms with Gasteiger partial charge in [-0.3, -0.25) is 4.79 Å². The van der Waals surface area contributed by atoms with Gasteiger partial charge in [-0.1, -0.05) is 29.8 Å². The number of rotatable bonds is 4. The average molecular weight is 270 g/mol. The fourth-order valence-electron chi connectivity index (χ4n) is 1.90. The summed E-state index contributed by atoms with van der Waals surface area (Å²) >= 11 is 0. The van der Waals surface area contributed by atoms with E-state index in [2.05, 4.69) is 5.32 Å². The van der Waals surface area contributed by atoms with E-state index in [4.69, 9.17) is 10.5 Å². The maximum atomic E-state index is 11.9. The lowest BCUT2D eigenvalue weighted by atomic mass is 10.1. The third-order valence-corrected chi connectivity index (χ3v) is 2.93. The molecule has 0 radical (unpaired) electrons. The summed E-state index contributed by atoms with van der Waals surface area (Å²) in [7, 11) is 0. The first-order valence-corrected chi connectivity index (χ1v) is 6.40. The second kappa shape index (κ2) is 6.10. The number of anilines is 2. The molecule has 0 spiro atoms. The molecule has 0 unspecified atom stereocenters. The first-order chi connectivity index (χ1) is 9.56. The summed E-state index contributed by atoms with van der Waals surface area (Å²) in [6.45, 7) is 3.90. The van der Waals surface area contributed by atoms with Gasteiger partial charge in [0.05, 0.1) is 5.69 Å². The Balaban J connectivity index is 1.94. The standard InChI is InChI=1S/C16H18N2O2/c1-11-7-8-14(12(2)9-11)18-16(19)10-20-15-6-4-3-5-13(15)17/h3-9H,10,17H2,1-2H3,(H,18,19). The molecule has 0 aromatic heterocycles. The van der Waals surface area contributed by atoms with Crippen LogP contribution in [0.25, 0.3) is 0 Å². The van der Waals surface area contributed by atoms with Crippen molar-refractivity contribution >= 4 is 17.3 Å². The van der Waals surface area contributed by atoms with Crippen molar-refractivity contribution < 1.29 is 9.53 Å². The molecular weight excluding hydrogens is 252 g/mol. The number of nitrogen functional groups attached to an aromatic ring is 1. The SMILES string of the molecule is Cc1ccc(NC(=O)COc2ccccc2N)c(C)c1. The number of hydrogen-bond acceptors (Lipinski definition) is 3. The van der Waals surface area contributed by atoms with Gasteiger partial charge in [0.15, 0.2) is 6.61 Å². The fraction of sp³-hybridized carbons (Fsp3) is 0.188. The highest BCUT2D eigenvalue weighted by molar-refractivity contribution is 5.92. The average Bonchev–Trinajstić information content (AvgIpc) is 2.41. The van der Waals surface area contributed by atoms with Gasteiger partial charge in [0.25, 0.3) is 5.91 Å². The van der Waals surface area contributed by atoms with Crippen LogP contribution in [0.2, 0.25) is 0 Å². The molecule has 3 N–H and O–H groups in total. The lowest BCUT2D eigenvalue weighted by Gasteiger charge is -2.11. The Labute approximate surface area is 118 Å². The molecule has 0 heterocycles. The molecule has 0 bridgehead atoms. The number of para-hydroxylation sites is 2. The van der Waals surface area contributed by atoms with E-state index >= 15 is 0 Å². The van der Waals surface area contributed by atoms with Crippen molar-refractivity contribution in [2.75, 3.05) is 17.7 Å². The van der Waals surface area contributed by atoms with Crippen LogP contribution in [-0.4, -0.2) is 12.5 Å². The maximum absolute atomic E-state index is 11.9. The van der Waals surface area contributed by atoms with Gasteiger partial charge in [0.2, 0.25) is 0 Å². The molecule has 0 saturated heterocycles. The Bertz CT molecular complexity index is 624. The van der Waals surface area contributed by atoms with E-state index in [0.29, 0.717) is 11.4 Å². The van der Waals surface area contributed by atoms with Crippen LogP contribution in [0.4, 0.5) is 11.4 Å². The lowest BCUT2D eigenvalue weighted by Crippen LogP contribution is -2.21. The molecule has 4 heteroatoms. The number of benzene rings is 2. The molecule has 20 heavy (non-hydrogen) atoms. The summed E-state index contributed by atoms with van der Waals surface area (Å²) in [5.41, 5.74) is 9.25. The highest BCUT2D eigenvalue weighted by Crippen LogP contribution is 2.20. The van der Waals surface area contributed by atoms with Gasteiger partial charge in [0, 0.05) is 5.69 Å². The molecule has 0 saturated carbocycles. The molecule has 0 aliphatic heterocycles. The first-order valence-electron chi connectivity index (χ1n) is 6.40. The zero-order valence-electron chi connectivity index (χ0n) is 11.6. The van der Waals surface area contributed by atoms with Gasteiger partial charge >= 0.3 is 0 Å². The lowest BCUT2D eigenvalue weighted by molar-refractivity contribution is -0.118. The Morgan fingerprint density at radius 2 is 1.95 bits per heavy atom. The van der Waals surface area contributed by atoms with Gasteiger partial charge in [-0.05, 0) is 37.6 Å². The zero-order chi connectivity index (χ0) is 14.5. The summed E-state index contributed by atoms with van der Waals surface area (Å²) in [5.74, 6) is 0.309. The van der Waals surface area contributed by atoms with E-state index in [1.165, 1.54) is 0 Å². The summed E-state index contributed by atoms with van der Waals surface area (Å²) in [6, 6.07) is 13.0. The highest BCUT2D eigenvalue weighted by Gasteiger charge is 2.07. The van der Waals surface area contributed by atoms with Crippen LogP contribution in [0.1, 0.15) is 11.1 Å². The minimum Gasteiger partial charge on any atom is -0.482 e. The molecule has 2 aromatic carbocycles. The van der Waals surface area contributed by atoms with Crippen LogP contribution in [0.15, 0.2) is 42.5 Å². The van der Waals surface area contributed by atoms with E-state index in [9.17, 15) is 4.79 Å². The molecule has 104 valence electrons. The topological polar surface area (TPSA) is 64.3 Å². The fourth-order valence-corrected chi connectivity index (χ4v) is 1.90. The van der Waals surface area contributed by atoms with Crippen LogP contribution in [0.5, 0.6) is 5.75 Å². The minimum atomic E-state index is -0.208. The quantitative estimate of drug-likeness (QED) is 0.840. The van der Waals surface area contributed by atoms with Crippen molar-refractivity contribution in [2.24, 2.45) is 0 Å². The Hall–Kier alpha value is -2.49. The molecule has 1 amide bonds. The van der Waals surface area contributed by atoms with E-state index in [-0.39, 0.29) is 12.5 Å². The number of carbonyl (C=O) groups excluding carboxylic acids is 1. The first kappa shape index (κ1) is 13.9. The van der Waals surface area contributed by atoms with Gasteiger partial charge in [-0.25, -0.2) is 0 Å². The third kappa shape index (κ3) is 3.51. The second-order valence-corrected chi connectivity index (χ2v) is 4.69. The molecule has 2 aromatic rings. The normalized spacial score (nSPS) is 10.1. The van der Waals surface area contributed by atoms with Crippen LogP contribution < -0.4 is 15.8 Å². The Kier molecular flexibility index (Phi) is 4.25. The number of amides is 1. The Morgan fingerprint density at radius 3 is 2.65 bits per heavy atom. The summed E-state index contributed by atoms with van der Waals surface area (Å²) in [4.78, 5) is 11.9. The van der Waals surface area contributed by atoms with Crippen molar-refractivity contribution in [1.29, 1.82) is 0 Å². The molecule has 0 fully saturated rings. The number of nitrogens with two attached hydrogens (primary N) is 1. The molecule has 2 rings (SSSR count). The largest absolute Gasteiger partial charge is 0.482 e. The van der Waals surface area contributed by atoms with Crippen molar-refractivity contribution in [1.82, 2.24) is 0 Å². The van der Waals surface area contributed by atoms with Crippen molar-refractivity contribution in [3.8, 4) is 5.75 Å². The van der Waals surface area contributed by atoms with Crippen molar-refractivity contribution in [2.45, 2.75) is 13.8 Å². The maximum Gasteiger partial charge on any atom is 0.262 e. The smallest absolute Gasteiger partial charge is 0.262 e. The van der Waals surface area contributed by atoms with Crippen LogP contribution in [0.3, 0.4) is 0 Å². The number of carbonyl (C=O) groups is 1. The number of hydrogen-bond donors (Lipinski definition) is 2. The predicted octanol–water partition coefficient (Wildman–Crippen LogP) is 2.90. The van der Waals surface area contributed by atoms with Crippen LogP contribution in [0, 0.1) is 13.8 Å². The van der Waals surface area contributed by atoms with Crippen molar-refractivity contribution in [3.63, 3.8) is 0 Å². The monoisotopic (exact) mass is 270 g/mol. The summed E-state index contributed by atoms with van der Waals surface area (Å²) < 4.78 is 5.40. The number of ether oxygens (including phenoxy) is 1. The summed E-state index contributed by atoms with van der Waals surface area (Å²) in [5, 5.41) is 2.82. The molecule has 0 aliphatic carbocycles. The Morgan fingerprint density at radius 1 is 1.20 bits per heavy atom. The molecular formula is C16H18N2O2. The van der Waals surface area contributed by atoms with Gasteiger partial charge in [0.1, 0.15) is 5.75 Å². The van der Waals surface area contributed by atoms with E-state index < -0.39 is 0 Å². The van der Waals surface area contributed by atoms with E-state index in [0.717, 1.165) is 16.8 Å². The number of nitrogens with one attached hydrogen (secondary N) is 1. The zero-order valence-corrected chi connectivity index (χ0v) is 11.6. The van der Waals surface area contributed by atoms with Gasteiger partial charge in [-0.2, -0.15) is 0 Å². The van der Waals surface area contributed by atoms with Crippen molar-refractivity contribution in [3.05, 3.63) is 53.6 Å². The highest BCUT2D eigenvalue weighted by atomic mass is 16.5. The molecule has 4 nitrogen and oxygen atoms in total. The van der Waals surface area contributed by atoms with E-state index in [1.54, 1.807) is 12.1 Å². The van der Waals surface area contributed by atoms with Crippen LogP contribution >= 0.6 is 0 Å². The van der Waals surface area contributed by atoms with Gasteiger partial charge < -0.3 is 15.8 Å². The van der Waals surface area contributed by atoms with Crippen LogP contribution in [-0.2, 0) is 4.79 Å². The minimum absolute atomic E-state index is 0.0679. The predicted molar refractivity (Wildman–Crippen MR) is 80.9 cm³/mol.